The van der Waals surface area contributed by atoms with Crippen LogP contribution >= 0.6 is 15.9 Å². The van der Waals surface area contributed by atoms with Gasteiger partial charge in [0.15, 0.2) is 4.60 Å². The molecule has 11 heavy (non-hydrogen) atoms. The standard InChI is InChI=1S/C6H9BrN4/c1-11-5(3-2-4(3)8)6(7)9-10-11/h3-4H,2,8H2,1H3. The van der Waals surface area contributed by atoms with Gasteiger partial charge in [-0.3, -0.25) is 4.68 Å². The van der Waals surface area contributed by atoms with Crippen LogP contribution in [0.5, 0.6) is 0 Å². The van der Waals surface area contributed by atoms with Crippen LogP contribution in [0.3, 0.4) is 0 Å². The molecule has 0 amide bonds. The Morgan fingerprint density at radius 3 is 2.73 bits per heavy atom. The van der Waals surface area contributed by atoms with Crippen molar-refractivity contribution in [2.24, 2.45) is 12.8 Å². The van der Waals surface area contributed by atoms with Crippen LogP contribution in [0.2, 0.25) is 0 Å². The van der Waals surface area contributed by atoms with Crippen molar-refractivity contribution in [3.63, 3.8) is 0 Å². The first-order valence-electron chi connectivity index (χ1n) is 3.51. The Morgan fingerprint density at radius 1 is 1.73 bits per heavy atom. The van der Waals surface area contributed by atoms with Gasteiger partial charge in [-0.25, -0.2) is 0 Å². The molecule has 4 nitrogen and oxygen atoms in total. The molecule has 1 fully saturated rings. The third-order valence-corrected chi connectivity index (χ3v) is 2.58. The Morgan fingerprint density at radius 2 is 2.36 bits per heavy atom. The number of aromatic nitrogens is 3. The zero-order valence-corrected chi connectivity index (χ0v) is 7.74. The van der Waals surface area contributed by atoms with E-state index in [4.69, 9.17) is 5.73 Å². The van der Waals surface area contributed by atoms with Gasteiger partial charge in [0.05, 0.1) is 5.69 Å². The number of halogens is 1. The van der Waals surface area contributed by atoms with Crippen molar-refractivity contribution < 1.29 is 0 Å². The molecule has 1 aromatic heterocycles. The molecule has 2 unspecified atom stereocenters. The van der Waals surface area contributed by atoms with Crippen LogP contribution < -0.4 is 5.73 Å². The van der Waals surface area contributed by atoms with Gasteiger partial charge in [0.25, 0.3) is 0 Å². The summed E-state index contributed by atoms with van der Waals surface area (Å²) in [7, 11) is 1.89. The summed E-state index contributed by atoms with van der Waals surface area (Å²) in [6.07, 6.45) is 1.06. The van der Waals surface area contributed by atoms with E-state index in [1.54, 1.807) is 4.68 Å². The van der Waals surface area contributed by atoms with Gasteiger partial charge in [0, 0.05) is 19.0 Å². The topological polar surface area (TPSA) is 56.7 Å². The Labute approximate surface area is 72.9 Å². The van der Waals surface area contributed by atoms with Gasteiger partial charge in [-0.2, -0.15) is 0 Å². The Bertz CT molecular complexity index is 263. The molecule has 0 aliphatic heterocycles. The summed E-state index contributed by atoms with van der Waals surface area (Å²) in [6.45, 7) is 0. The van der Waals surface area contributed by atoms with Crippen molar-refractivity contribution in [2.75, 3.05) is 0 Å². The van der Waals surface area contributed by atoms with E-state index in [1.807, 2.05) is 7.05 Å². The van der Waals surface area contributed by atoms with E-state index >= 15 is 0 Å². The molecule has 0 radical (unpaired) electrons. The van der Waals surface area contributed by atoms with Crippen molar-refractivity contribution >= 4 is 15.9 Å². The highest BCUT2D eigenvalue weighted by atomic mass is 79.9. The van der Waals surface area contributed by atoms with Gasteiger partial charge >= 0.3 is 0 Å². The van der Waals surface area contributed by atoms with E-state index in [1.165, 1.54) is 0 Å². The van der Waals surface area contributed by atoms with Gasteiger partial charge in [-0.15, -0.1) is 5.10 Å². The van der Waals surface area contributed by atoms with Crippen molar-refractivity contribution in [3.8, 4) is 0 Å². The average molecular weight is 217 g/mol. The molecular formula is C6H9BrN4. The maximum atomic E-state index is 5.71. The molecule has 0 saturated heterocycles. The summed E-state index contributed by atoms with van der Waals surface area (Å²) in [5.41, 5.74) is 6.83. The van der Waals surface area contributed by atoms with Crippen LogP contribution in [0.4, 0.5) is 0 Å². The number of nitrogens with zero attached hydrogens (tertiary/aromatic N) is 3. The molecule has 1 aliphatic rings. The average Bonchev–Trinajstić information content (AvgIpc) is 2.54. The molecule has 1 saturated carbocycles. The zero-order valence-electron chi connectivity index (χ0n) is 6.16. The van der Waals surface area contributed by atoms with E-state index in [2.05, 4.69) is 26.2 Å². The summed E-state index contributed by atoms with van der Waals surface area (Å²) >= 11 is 3.34. The van der Waals surface area contributed by atoms with Gasteiger partial charge < -0.3 is 5.73 Å². The van der Waals surface area contributed by atoms with Crippen LogP contribution in [-0.4, -0.2) is 21.0 Å². The molecule has 2 N–H and O–H groups in total. The van der Waals surface area contributed by atoms with Crippen LogP contribution in [0.1, 0.15) is 18.0 Å². The number of hydrogen-bond acceptors (Lipinski definition) is 3. The fraction of sp³-hybridized carbons (Fsp3) is 0.667. The van der Waals surface area contributed by atoms with Crippen LogP contribution in [0.25, 0.3) is 0 Å². The second-order valence-corrected chi connectivity index (χ2v) is 3.65. The summed E-state index contributed by atoms with van der Waals surface area (Å²) < 4.78 is 2.61. The number of nitrogens with two attached hydrogens (primary N) is 1. The highest BCUT2D eigenvalue weighted by Crippen LogP contribution is 2.40. The molecule has 2 atom stereocenters. The Balaban J connectivity index is 2.36. The molecule has 5 heteroatoms. The van der Waals surface area contributed by atoms with E-state index in [0.717, 1.165) is 16.7 Å². The lowest BCUT2D eigenvalue weighted by atomic mass is 10.3. The molecule has 2 rings (SSSR count). The predicted octanol–water partition coefficient (Wildman–Crippen LogP) is 0.392. The monoisotopic (exact) mass is 216 g/mol. The van der Waals surface area contributed by atoms with Gasteiger partial charge in [-0.1, -0.05) is 5.21 Å². The fourth-order valence-electron chi connectivity index (χ4n) is 1.26. The van der Waals surface area contributed by atoms with E-state index in [0.29, 0.717) is 12.0 Å². The second kappa shape index (κ2) is 2.28. The Hall–Kier alpha value is -0.420. The normalized spacial score (nSPS) is 29.0. The molecule has 60 valence electrons. The number of hydrogen-bond donors (Lipinski definition) is 1. The lowest BCUT2D eigenvalue weighted by molar-refractivity contribution is 0.675. The van der Waals surface area contributed by atoms with Crippen molar-refractivity contribution in [3.05, 3.63) is 10.3 Å². The maximum Gasteiger partial charge on any atom is 0.151 e. The van der Waals surface area contributed by atoms with Crippen LogP contribution in [0, 0.1) is 0 Å². The van der Waals surface area contributed by atoms with Gasteiger partial charge in [0.1, 0.15) is 0 Å². The quantitative estimate of drug-likeness (QED) is 0.740. The highest BCUT2D eigenvalue weighted by molar-refractivity contribution is 9.10. The SMILES string of the molecule is Cn1nnc(Br)c1C1CC1N. The van der Waals surface area contributed by atoms with Crippen molar-refractivity contribution in [1.82, 2.24) is 15.0 Å². The molecule has 0 spiro atoms. The molecule has 0 bridgehead atoms. The van der Waals surface area contributed by atoms with E-state index in [9.17, 15) is 0 Å². The van der Waals surface area contributed by atoms with Crippen LogP contribution in [-0.2, 0) is 7.05 Å². The third-order valence-electron chi connectivity index (χ3n) is 2.02. The van der Waals surface area contributed by atoms with E-state index in [-0.39, 0.29) is 0 Å². The van der Waals surface area contributed by atoms with Gasteiger partial charge in [-0.05, 0) is 22.4 Å². The van der Waals surface area contributed by atoms with Gasteiger partial charge in [0.2, 0.25) is 0 Å². The van der Waals surface area contributed by atoms with Crippen molar-refractivity contribution in [1.29, 1.82) is 0 Å². The lowest BCUT2D eigenvalue weighted by Crippen LogP contribution is -2.05. The summed E-state index contributed by atoms with van der Waals surface area (Å²) in [5.74, 6) is 0.462. The third kappa shape index (κ3) is 1.08. The lowest BCUT2D eigenvalue weighted by Gasteiger charge is -1.96. The minimum atomic E-state index is 0.309. The second-order valence-electron chi connectivity index (χ2n) is 2.90. The Kier molecular flexibility index (Phi) is 1.50. The molecule has 1 heterocycles. The number of rotatable bonds is 1. The summed E-state index contributed by atoms with van der Waals surface area (Å²) in [4.78, 5) is 0. The summed E-state index contributed by atoms with van der Waals surface area (Å²) in [6, 6.07) is 0.309. The highest BCUT2D eigenvalue weighted by Gasteiger charge is 2.39. The molecular weight excluding hydrogens is 208 g/mol. The maximum absolute atomic E-state index is 5.71. The molecule has 0 aromatic carbocycles. The molecule has 1 aliphatic carbocycles. The minimum Gasteiger partial charge on any atom is -0.327 e. The van der Waals surface area contributed by atoms with Crippen molar-refractivity contribution in [2.45, 2.75) is 18.4 Å². The fourth-order valence-corrected chi connectivity index (χ4v) is 1.88. The first-order chi connectivity index (χ1) is 5.20. The predicted molar refractivity (Wildman–Crippen MR) is 44.0 cm³/mol. The first kappa shape index (κ1) is 7.24. The zero-order chi connectivity index (χ0) is 8.01. The minimum absolute atomic E-state index is 0.309. The van der Waals surface area contributed by atoms with Crippen LogP contribution in [0.15, 0.2) is 4.60 Å². The number of aryl methyl sites for hydroxylation is 1. The molecule has 1 aromatic rings. The smallest absolute Gasteiger partial charge is 0.151 e. The van der Waals surface area contributed by atoms with E-state index < -0.39 is 0 Å². The summed E-state index contributed by atoms with van der Waals surface area (Å²) in [5, 5.41) is 7.76. The first-order valence-corrected chi connectivity index (χ1v) is 4.30. The largest absolute Gasteiger partial charge is 0.327 e.